The van der Waals surface area contributed by atoms with Gasteiger partial charge >= 0.3 is 0 Å². The zero-order valence-electron chi connectivity index (χ0n) is 13.2. The molecule has 122 valence electrons. The van der Waals surface area contributed by atoms with Gasteiger partial charge in [-0.1, -0.05) is 54.2 Å². The monoisotopic (exact) mass is 339 g/mol. The van der Waals surface area contributed by atoms with E-state index >= 15 is 0 Å². The Morgan fingerprint density at radius 1 is 0.958 bits per heavy atom. The molecule has 4 rings (SSSR count). The second-order valence-electron chi connectivity index (χ2n) is 6.11. The number of hydrogen-bond donors (Lipinski definition) is 0. The van der Waals surface area contributed by atoms with Crippen LogP contribution in [0.15, 0.2) is 81.9 Å². The maximum Gasteiger partial charge on any atom is 0.216 e. The van der Waals surface area contributed by atoms with E-state index in [2.05, 4.69) is 17.1 Å². The SMILES string of the molecule is Cc1ccc(S(=O)(=O)C2N=COC2=C2C3C=CC=CC2C=C3)cc1. The largest absolute Gasteiger partial charge is 0.447 e. The smallest absolute Gasteiger partial charge is 0.216 e. The lowest BCUT2D eigenvalue weighted by molar-refractivity contribution is 0.428. The molecular formula is C19H17NO3S. The van der Waals surface area contributed by atoms with Crippen LogP contribution in [0.1, 0.15) is 5.56 Å². The Kier molecular flexibility index (Phi) is 3.53. The first kappa shape index (κ1) is 15.1. The highest BCUT2D eigenvalue weighted by atomic mass is 32.2. The van der Waals surface area contributed by atoms with Crippen molar-refractivity contribution in [2.24, 2.45) is 16.8 Å². The zero-order valence-corrected chi connectivity index (χ0v) is 14.0. The number of fused-ring (bicyclic) bond motifs is 2. The summed E-state index contributed by atoms with van der Waals surface area (Å²) < 4.78 is 31.6. The Morgan fingerprint density at radius 3 is 2.21 bits per heavy atom. The molecule has 0 amide bonds. The highest BCUT2D eigenvalue weighted by Crippen LogP contribution is 2.40. The third kappa shape index (κ3) is 2.36. The summed E-state index contributed by atoms with van der Waals surface area (Å²) in [5.74, 6) is 0.543. The molecule has 0 N–H and O–H groups in total. The van der Waals surface area contributed by atoms with Crippen LogP contribution in [-0.4, -0.2) is 20.2 Å². The summed E-state index contributed by atoms with van der Waals surface area (Å²) in [6, 6.07) is 6.84. The predicted molar refractivity (Wildman–Crippen MR) is 93.2 cm³/mol. The van der Waals surface area contributed by atoms with Gasteiger partial charge in [-0.15, -0.1) is 0 Å². The standard InChI is InChI=1S/C19H17NO3S/c1-13-6-10-16(11-7-13)24(21,22)19-18(23-12-20-19)17-14-4-2-3-5-15(17)9-8-14/h2-12,14-15,19H,1H3. The Labute approximate surface area is 141 Å². The van der Waals surface area contributed by atoms with Gasteiger partial charge in [0.15, 0.2) is 6.40 Å². The van der Waals surface area contributed by atoms with Gasteiger partial charge in [-0.2, -0.15) is 0 Å². The Balaban J connectivity index is 1.80. The molecule has 1 aromatic rings. The fourth-order valence-electron chi connectivity index (χ4n) is 3.26. The number of rotatable bonds is 2. The number of aliphatic imine (C=N–C) groups is 1. The van der Waals surface area contributed by atoms with E-state index in [-0.39, 0.29) is 16.7 Å². The van der Waals surface area contributed by atoms with E-state index in [9.17, 15) is 8.42 Å². The van der Waals surface area contributed by atoms with Gasteiger partial charge in [0, 0.05) is 11.8 Å². The van der Waals surface area contributed by atoms with Crippen LogP contribution < -0.4 is 0 Å². The van der Waals surface area contributed by atoms with Crippen molar-refractivity contribution in [1.29, 1.82) is 0 Å². The average Bonchev–Trinajstić information content (AvgIpc) is 3.11. The summed E-state index contributed by atoms with van der Waals surface area (Å²) in [5, 5.41) is -1.01. The molecule has 2 bridgehead atoms. The van der Waals surface area contributed by atoms with Gasteiger partial charge in [-0.05, 0) is 24.6 Å². The van der Waals surface area contributed by atoms with Crippen LogP contribution >= 0.6 is 0 Å². The normalized spacial score (nSPS) is 27.6. The van der Waals surface area contributed by atoms with Crippen LogP contribution in [0, 0.1) is 18.8 Å². The van der Waals surface area contributed by atoms with Gasteiger partial charge in [0.1, 0.15) is 5.76 Å². The number of nitrogens with zero attached hydrogens (tertiary/aromatic N) is 1. The van der Waals surface area contributed by atoms with Crippen LogP contribution in [0.5, 0.6) is 0 Å². The molecule has 0 spiro atoms. The van der Waals surface area contributed by atoms with Crippen LogP contribution in [0.2, 0.25) is 0 Å². The first-order chi connectivity index (χ1) is 11.6. The van der Waals surface area contributed by atoms with Crippen molar-refractivity contribution in [2.75, 3.05) is 0 Å². The van der Waals surface area contributed by atoms with Gasteiger partial charge < -0.3 is 4.74 Å². The number of hydrogen-bond acceptors (Lipinski definition) is 4. The molecule has 4 nitrogen and oxygen atoms in total. The second-order valence-corrected chi connectivity index (χ2v) is 8.12. The van der Waals surface area contributed by atoms with Crippen LogP contribution in [-0.2, 0) is 14.6 Å². The number of benzene rings is 1. The molecule has 1 aliphatic heterocycles. The molecule has 0 radical (unpaired) electrons. The molecule has 5 heteroatoms. The van der Waals surface area contributed by atoms with Crippen molar-refractivity contribution in [3.05, 3.63) is 77.6 Å². The first-order valence-electron chi connectivity index (χ1n) is 7.83. The maximum absolute atomic E-state index is 13.0. The molecule has 3 aliphatic rings. The quantitative estimate of drug-likeness (QED) is 0.777. The summed E-state index contributed by atoms with van der Waals surface area (Å²) in [4.78, 5) is 4.38. The third-order valence-corrected chi connectivity index (χ3v) is 6.37. The summed E-state index contributed by atoms with van der Waals surface area (Å²) in [6.07, 6.45) is 13.4. The maximum atomic E-state index is 13.0. The van der Waals surface area contributed by atoms with Crippen molar-refractivity contribution in [3.8, 4) is 0 Å². The van der Waals surface area contributed by atoms with Crippen molar-refractivity contribution in [3.63, 3.8) is 0 Å². The molecule has 24 heavy (non-hydrogen) atoms. The fourth-order valence-corrected chi connectivity index (χ4v) is 4.71. The van der Waals surface area contributed by atoms with E-state index in [0.717, 1.165) is 11.1 Å². The Hall–Kier alpha value is -2.40. The van der Waals surface area contributed by atoms with Crippen molar-refractivity contribution >= 4 is 16.2 Å². The Morgan fingerprint density at radius 2 is 1.58 bits per heavy atom. The molecule has 1 heterocycles. The lowest BCUT2D eigenvalue weighted by atomic mass is 9.95. The molecule has 3 unspecified atom stereocenters. The summed E-state index contributed by atoms with van der Waals surface area (Å²) in [6.45, 7) is 1.92. The van der Waals surface area contributed by atoms with Crippen LogP contribution in [0.25, 0.3) is 0 Å². The molecular weight excluding hydrogens is 322 g/mol. The minimum atomic E-state index is -3.64. The molecule has 3 atom stereocenters. The highest BCUT2D eigenvalue weighted by Gasteiger charge is 2.40. The van der Waals surface area contributed by atoms with Gasteiger partial charge in [-0.3, -0.25) is 0 Å². The second kappa shape index (κ2) is 5.60. The van der Waals surface area contributed by atoms with Gasteiger partial charge in [0.2, 0.25) is 15.2 Å². The summed E-state index contributed by atoms with van der Waals surface area (Å²) in [7, 11) is -3.64. The molecule has 2 aliphatic carbocycles. The summed E-state index contributed by atoms with van der Waals surface area (Å²) >= 11 is 0. The minimum absolute atomic E-state index is 0.0532. The third-order valence-electron chi connectivity index (χ3n) is 4.52. The van der Waals surface area contributed by atoms with Gasteiger partial charge in [-0.25, -0.2) is 13.4 Å². The number of allylic oxidation sites excluding steroid dienone is 7. The first-order valence-corrected chi connectivity index (χ1v) is 9.38. The molecule has 0 fully saturated rings. The number of ether oxygens (including phenoxy) is 1. The Bertz CT molecular complexity index is 894. The van der Waals surface area contributed by atoms with Crippen molar-refractivity contribution in [2.45, 2.75) is 17.2 Å². The lowest BCUT2D eigenvalue weighted by Crippen LogP contribution is -2.22. The number of aryl methyl sites for hydroxylation is 1. The van der Waals surface area contributed by atoms with E-state index in [1.54, 1.807) is 24.3 Å². The fraction of sp³-hybridized carbons (Fsp3) is 0.211. The number of sulfone groups is 1. The van der Waals surface area contributed by atoms with E-state index in [1.165, 1.54) is 6.40 Å². The van der Waals surface area contributed by atoms with Crippen LogP contribution in [0.3, 0.4) is 0 Å². The predicted octanol–water partition coefficient (Wildman–Crippen LogP) is 3.34. The van der Waals surface area contributed by atoms with E-state index < -0.39 is 15.2 Å². The topological polar surface area (TPSA) is 55.7 Å². The van der Waals surface area contributed by atoms with Crippen molar-refractivity contribution in [1.82, 2.24) is 0 Å². The minimum Gasteiger partial charge on any atom is -0.447 e. The van der Waals surface area contributed by atoms with Crippen LogP contribution in [0.4, 0.5) is 0 Å². The van der Waals surface area contributed by atoms with Crippen molar-refractivity contribution < 1.29 is 13.2 Å². The highest BCUT2D eigenvalue weighted by molar-refractivity contribution is 7.92. The van der Waals surface area contributed by atoms with Gasteiger partial charge in [0.25, 0.3) is 0 Å². The molecule has 0 saturated carbocycles. The average molecular weight is 339 g/mol. The molecule has 0 saturated heterocycles. The molecule has 0 aromatic heterocycles. The molecule has 1 aromatic carbocycles. The van der Waals surface area contributed by atoms with E-state index in [4.69, 9.17) is 4.74 Å². The van der Waals surface area contributed by atoms with Gasteiger partial charge in [0.05, 0.1) is 4.90 Å². The zero-order chi connectivity index (χ0) is 16.7. The van der Waals surface area contributed by atoms with E-state index in [1.807, 2.05) is 31.2 Å². The lowest BCUT2D eigenvalue weighted by Gasteiger charge is -2.18. The van der Waals surface area contributed by atoms with E-state index in [0.29, 0.717) is 5.76 Å². The summed E-state index contributed by atoms with van der Waals surface area (Å²) in [5.41, 5.74) is 1.97.